The lowest BCUT2D eigenvalue weighted by molar-refractivity contribution is -0.132. The molecule has 0 spiro atoms. The number of carbonyl (C=O) groups is 1. The van der Waals surface area contributed by atoms with Crippen molar-refractivity contribution in [2.75, 3.05) is 0 Å². The first-order chi connectivity index (χ1) is 6.93. The third kappa shape index (κ3) is 2.65. The van der Waals surface area contributed by atoms with E-state index in [0.717, 1.165) is 0 Å². The molecule has 1 heterocycles. The van der Waals surface area contributed by atoms with Gasteiger partial charge in [0.05, 0.1) is 0 Å². The number of nitrogens with one attached hydrogen (secondary N) is 1. The van der Waals surface area contributed by atoms with E-state index in [1.807, 2.05) is 0 Å². The van der Waals surface area contributed by atoms with Gasteiger partial charge in [-0.15, -0.1) is 0 Å². The van der Waals surface area contributed by atoms with Crippen LogP contribution >= 0.6 is 15.9 Å². The van der Waals surface area contributed by atoms with Crippen molar-refractivity contribution in [3.05, 3.63) is 32.7 Å². The van der Waals surface area contributed by atoms with Crippen LogP contribution in [0.25, 0.3) is 0 Å². The predicted molar refractivity (Wildman–Crippen MR) is 54.9 cm³/mol. The molecule has 7 heteroatoms. The van der Waals surface area contributed by atoms with E-state index < -0.39 is 23.7 Å². The second kappa shape index (κ2) is 4.56. The molecule has 82 valence electrons. The summed E-state index contributed by atoms with van der Waals surface area (Å²) in [5, 5.41) is 18.6. The highest BCUT2D eigenvalue weighted by Crippen LogP contribution is 2.16. The van der Waals surface area contributed by atoms with Crippen LogP contribution in [0, 0.1) is 0 Å². The topological polar surface area (TPSA) is 116 Å². The van der Waals surface area contributed by atoms with Crippen LogP contribution in [0.5, 0.6) is 0 Å². The molecule has 0 aliphatic rings. The highest BCUT2D eigenvalue weighted by atomic mass is 79.9. The fourth-order valence-corrected chi connectivity index (χ4v) is 1.38. The van der Waals surface area contributed by atoms with Gasteiger partial charge in [0.2, 0.25) is 5.91 Å². The molecule has 0 aromatic carbocycles. The van der Waals surface area contributed by atoms with Gasteiger partial charge in [-0.1, -0.05) is 0 Å². The molecule has 0 radical (unpaired) electrons. The van der Waals surface area contributed by atoms with Gasteiger partial charge >= 0.3 is 0 Å². The van der Waals surface area contributed by atoms with Crippen LogP contribution in [-0.2, 0) is 4.79 Å². The molecular weight excluding hydrogens is 268 g/mol. The number of rotatable bonds is 3. The van der Waals surface area contributed by atoms with E-state index in [4.69, 9.17) is 5.73 Å². The van der Waals surface area contributed by atoms with Gasteiger partial charge in [0.15, 0.2) is 6.10 Å². The molecule has 0 saturated heterocycles. The van der Waals surface area contributed by atoms with Crippen molar-refractivity contribution >= 4 is 21.8 Å². The number of aliphatic hydroxyl groups is 2. The summed E-state index contributed by atoms with van der Waals surface area (Å²) >= 11 is 3.07. The van der Waals surface area contributed by atoms with E-state index in [1.165, 1.54) is 12.3 Å². The number of halogens is 1. The molecular formula is C8H9BrN2O4. The number of hydrogen-bond acceptors (Lipinski definition) is 4. The van der Waals surface area contributed by atoms with Crippen molar-refractivity contribution in [1.82, 2.24) is 4.98 Å². The van der Waals surface area contributed by atoms with Crippen LogP contribution in [-0.4, -0.2) is 27.2 Å². The summed E-state index contributed by atoms with van der Waals surface area (Å²) in [5.41, 5.74) is 4.07. The fourth-order valence-electron chi connectivity index (χ4n) is 1.02. The van der Waals surface area contributed by atoms with E-state index >= 15 is 0 Å². The zero-order chi connectivity index (χ0) is 11.6. The van der Waals surface area contributed by atoms with Gasteiger partial charge in [-0.05, 0) is 22.0 Å². The van der Waals surface area contributed by atoms with Crippen molar-refractivity contribution in [3.63, 3.8) is 0 Å². The molecule has 6 nitrogen and oxygen atoms in total. The summed E-state index contributed by atoms with van der Waals surface area (Å²) in [6.07, 6.45) is -2.07. The quantitative estimate of drug-likeness (QED) is 0.568. The minimum Gasteiger partial charge on any atom is -0.385 e. The van der Waals surface area contributed by atoms with Crippen molar-refractivity contribution in [2.24, 2.45) is 5.73 Å². The summed E-state index contributed by atoms with van der Waals surface area (Å²) in [7, 11) is 0. The largest absolute Gasteiger partial charge is 0.385 e. The van der Waals surface area contributed by atoms with Gasteiger partial charge < -0.3 is 20.9 Å². The molecule has 5 N–H and O–H groups in total. The number of carbonyl (C=O) groups excluding carboxylic acids is 1. The molecule has 1 aromatic heterocycles. The second-order valence-electron chi connectivity index (χ2n) is 2.89. The summed E-state index contributed by atoms with van der Waals surface area (Å²) in [4.78, 5) is 24.2. The van der Waals surface area contributed by atoms with Crippen LogP contribution in [0.3, 0.4) is 0 Å². The molecule has 0 saturated carbocycles. The third-order valence-electron chi connectivity index (χ3n) is 1.81. The second-order valence-corrected chi connectivity index (χ2v) is 3.81. The summed E-state index contributed by atoms with van der Waals surface area (Å²) in [6.45, 7) is 0. The Labute approximate surface area is 92.9 Å². The lowest BCUT2D eigenvalue weighted by Gasteiger charge is -2.14. The average Bonchev–Trinajstić information content (AvgIpc) is 2.19. The number of aromatic nitrogens is 1. The molecule has 0 bridgehead atoms. The van der Waals surface area contributed by atoms with Crippen molar-refractivity contribution in [1.29, 1.82) is 0 Å². The van der Waals surface area contributed by atoms with E-state index in [2.05, 4.69) is 20.9 Å². The van der Waals surface area contributed by atoms with Crippen molar-refractivity contribution in [2.45, 2.75) is 12.2 Å². The monoisotopic (exact) mass is 276 g/mol. The first-order valence-electron chi connectivity index (χ1n) is 3.97. The first kappa shape index (κ1) is 11.9. The van der Waals surface area contributed by atoms with Gasteiger partial charge in [0.25, 0.3) is 5.56 Å². The first-order valence-corrected chi connectivity index (χ1v) is 4.76. The van der Waals surface area contributed by atoms with Gasteiger partial charge in [-0.3, -0.25) is 9.59 Å². The Balaban J connectivity index is 3.10. The van der Waals surface area contributed by atoms with E-state index in [9.17, 15) is 19.8 Å². The number of pyridine rings is 1. The minimum absolute atomic E-state index is 0.129. The normalized spacial score (nSPS) is 14.6. The Morgan fingerprint density at radius 3 is 2.67 bits per heavy atom. The van der Waals surface area contributed by atoms with E-state index in [-0.39, 0.29) is 5.56 Å². The van der Waals surface area contributed by atoms with E-state index in [1.54, 1.807) is 0 Å². The van der Waals surface area contributed by atoms with Crippen LogP contribution in [0.15, 0.2) is 21.5 Å². The number of amides is 1. The third-order valence-corrected chi connectivity index (χ3v) is 2.26. The Morgan fingerprint density at radius 1 is 1.53 bits per heavy atom. The molecule has 2 unspecified atom stereocenters. The van der Waals surface area contributed by atoms with Crippen LogP contribution in [0.4, 0.5) is 0 Å². The number of hydrogen-bond donors (Lipinski definition) is 4. The van der Waals surface area contributed by atoms with Gasteiger partial charge in [-0.2, -0.15) is 0 Å². The molecule has 0 aliphatic carbocycles. The zero-order valence-electron chi connectivity index (χ0n) is 7.48. The Kier molecular flexibility index (Phi) is 3.61. The highest BCUT2D eigenvalue weighted by molar-refractivity contribution is 9.10. The molecule has 0 aliphatic heterocycles. The maximum Gasteiger partial charge on any atom is 0.253 e. The van der Waals surface area contributed by atoms with Gasteiger partial charge in [-0.25, -0.2) is 0 Å². The average molecular weight is 277 g/mol. The molecule has 0 fully saturated rings. The predicted octanol–water partition coefficient (Wildman–Crippen LogP) is -0.983. The lowest BCUT2D eigenvalue weighted by atomic mass is 10.1. The molecule has 15 heavy (non-hydrogen) atoms. The number of H-pyrrole nitrogens is 1. The van der Waals surface area contributed by atoms with Crippen molar-refractivity contribution in [3.8, 4) is 0 Å². The number of aromatic amines is 1. The molecule has 2 atom stereocenters. The maximum atomic E-state index is 11.2. The van der Waals surface area contributed by atoms with Gasteiger partial charge in [0, 0.05) is 16.2 Å². The number of primary amides is 1. The van der Waals surface area contributed by atoms with Crippen LogP contribution in [0.2, 0.25) is 0 Å². The smallest absolute Gasteiger partial charge is 0.253 e. The zero-order valence-corrected chi connectivity index (χ0v) is 9.06. The number of aliphatic hydroxyl groups excluding tert-OH is 2. The molecule has 1 amide bonds. The molecule has 1 rings (SSSR count). The SMILES string of the molecule is NC(=O)C(O)C(O)c1cc(Br)c[nH]c1=O. The minimum atomic E-state index is -1.81. The Hall–Kier alpha value is -1.18. The number of nitrogens with two attached hydrogens (primary N) is 1. The molecule has 1 aromatic rings. The lowest BCUT2D eigenvalue weighted by Crippen LogP contribution is -2.36. The summed E-state index contributed by atoms with van der Waals surface area (Å²) in [6, 6.07) is 1.30. The Morgan fingerprint density at radius 2 is 2.13 bits per heavy atom. The highest BCUT2D eigenvalue weighted by Gasteiger charge is 2.25. The Bertz CT molecular complexity index is 431. The summed E-state index contributed by atoms with van der Waals surface area (Å²) in [5.74, 6) is -1.10. The van der Waals surface area contributed by atoms with Crippen molar-refractivity contribution < 1.29 is 15.0 Å². The van der Waals surface area contributed by atoms with E-state index in [0.29, 0.717) is 4.47 Å². The van der Waals surface area contributed by atoms with Crippen LogP contribution in [0.1, 0.15) is 11.7 Å². The van der Waals surface area contributed by atoms with Crippen LogP contribution < -0.4 is 11.3 Å². The maximum absolute atomic E-state index is 11.2. The standard InChI is InChI=1S/C8H9BrN2O4/c9-3-1-4(8(15)11-2-3)5(12)6(13)7(10)14/h1-2,5-6,12-13H,(H2,10,14)(H,11,15). The summed E-state index contributed by atoms with van der Waals surface area (Å²) < 4.78 is 0.507. The fraction of sp³-hybridized carbons (Fsp3) is 0.250. The van der Waals surface area contributed by atoms with Gasteiger partial charge in [0.1, 0.15) is 6.10 Å².